The highest BCUT2D eigenvalue weighted by Crippen LogP contribution is 2.22. The van der Waals surface area contributed by atoms with Gasteiger partial charge in [0.15, 0.2) is 0 Å². The zero-order chi connectivity index (χ0) is 12.8. The lowest BCUT2D eigenvalue weighted by atomic mass is 10.1. The Morgan fingerprint density at radius 3 is 2.35 bits per heavy atom. The quantitative estimate of drug-likeness (QED) is 0.763. The van der Waals surface area contributed by atoms with Gasteiger partial charge in [0.1, 0.15) is 5.75 Å². The molecule has 1 rings (SSSR count). The summed E-state index contributed by atoms with van der Waals surface area (Å²) in [4.78, 5) is 0. The normalized spacial score (nSPS) is 10.9. The Hall–Kier alpha value is -1.02. The first-order chi connectivity index (χ1) is 8.00. The van der Waals surface area contributed by atoms with Crippen molar-refractivity contribution in [3.05, 3.63) is 28.8 Å². The van der Waals surface area contributed by atoms with Crippen molar-refractivity contribution >= 4 is 0 Å². The minimum Gasteiger partial charge on any atom is -0.493 e. The van der Waals surface area contributed by atoms with Gasteiger partial charge in [-0.25, -0.2) is 0 Å². The van der Waals surface area contributed by atoms with Gasteiger partial charge in [-0.2, -0.15) is 0 Å². The molecule has 0 aliphatic heterocycles. The van der Waals surface area contributed by atoms with Crippen molar-refractivity contribution in [3.63, 3.8) is 0 Å². The van der Waals surface area contributed by atoms with Gasteiger partial charge < -0.3 is 10.1 Å². The van der Waals surface area contributed by atoms with Crippen LogP contribution in [0.25, 0.3) is 0 Å². The van der Waals surface area contributed by atoms with Gasteiger partial charge >= 0.3 is 0 Å². The van der Waals surface area contributed by atoms with E-state index >= 15 is 0 Å². The molecule has 0 saturated carbocycles. The Labute approximate surface area is 105 Å². The van der Waals surface area contributed by atoms with Gasteiger partial charge in [0.2, 0.25) is 0 Å². The average molecular weight is 235 g/mol. The van der Waals surface area contributed by atoms with E-state index in [0.29, 0.717) is 6.04 Å². The van der Waals surface area contributed by atoms with Crippen LogP contribution in [-0.2, 0) is 0 Å². The van der Waals surface area contributed by atoms with Crippen molar-refractivity contribution in [1.82, 2.24) is 5.32 Å². The van der Waals surface area contributed by atoms with Crippen molar-refractivity contribution in [2.24, 2.45) is 0 Å². The van der Waals surface area contributed by atoms with Gasteiger partial charge in [-0.1, -0.05) is 19.9 Å². The zero-order valence-electron chi connectivity index (χ0n) is 11.8. The summed E-state index contributed by atoms with van der Waals surface area (Å²) in [5.41, 5.74) is 3.85. The molecule has 1 aromatic rings. The maximum Gasteiger partial charge on any atom is 0.122 e. The first-order valence-electron chi connectivity index (χ1n) is 6.44. The van der Waals surface area contributed by atoms with Crippen LogP contribution in [0.4, 0.5) is 0 Å². The number of aryl methyl sites for hydroxylation is 3. The molecule has 0 unspecified atom stereocenters. The second kappa shape index (κ2) is 6.65. The topological polar surface area (TPSA) is 21.3 Å². The summed E-state index contributed by atoms with van der Waals surface area (Å²) < 4.78 is 5.81. The molecule has 0 radical (unpaired) electrons. The van der Waals surface area contributed by atoms with Gasteiger partial charge in [0.05, 0.1) is 6.61 Å². The predicted molar refractivity (Wildman–Crippen MR) is 73.9 cm³/mol. The summed E-state index contributed by atoms with van der Waals surface area (Å²) in [6.07, 6.45) is 1.05. The molecule has 1 N–H and O–H groups in total. The maximum atomic E-state index is 5.81. The Balaban J connectivity index is 2.39. The smallest absolute Gasteiger partial charge is 0.122 e. The summed E-state index contributed by atoms with van der Waals surface area (Å²) >= 11 is 0. The molecule has 1 aromatic carbocycles. The van der Waals surface area contributed by atoms with Crippen molar-refractivity contribution in [1.29, 1.82) is 0 Å². The Kier molecular flexibility index (Phi) is 5.49. The van der Waals surface area contributed by atoms with E-state index < -0.39 is 0 Å². The molecule has 96 valence electrons. The minimum atomic E-state index is 0.554. The summed E-state index contributed by atoms with van der Waals surface area (Å²) in [6, 6.07) is 4.88. The van der Waals surface area contributed by atoms with E-state index in [0.717, 1.165) is 25.3 Å². The van der Waals surface area contributed by atoms with Crippen LogP contribution in [-0.4, -0.2) is 19.2 Å². The molecule has 0 saturated heterocycles. The highest BCUT2D eigenvalue weighted by Gasteiger charge is 2.02. The Morgan fingerprint density at radius 1 is 1.06 bits per heavy atom. The van der Waals surface area contributed by atoms with Crippen molar-refractivity contribution in [3.8, 4) is 5.75 Å². The van der Waals surface area contributed by atoms with Crippen LogP contribution in [0.1, 0.15) is 37.0 Å². The molecule has 0 amide bonds. The molecule has 0 aliphatic rings. The Morgan fingerprint density at radius 2 is 1.71 bits per heavy atom. The second-order valence-electron chi connectivity index (χ2n) is 5.01. The molecule has 17 heavy (non-hydrogen) atoms. The first kappa shape index (κ1) is 14.0. The van der Waals surface area contributed by atoms with E-state index in [1.807, 2.05) is 0 Å². The van der Waals surface area contributed by atoms with Crippen LogP contribution in [0.3, 0.4) is 0 Å². The van der Waals surface area contributed by atoms with Crippen LogP contribution >= 0.6 is 0 Å². The van der Waals surface area contributed by atoms with Crippen molar-refractivity contribution < 1.29 is 4.74 Å². The third-order valence-corrected chi connectivity index (χ3v) is 2.92. The Bertz CT molecular complexity index is 358. The van der Waals surface area contributed by atoms with E-state index in [1.165, 1.54) is 16.7 Å². The van der Waals surface area contributed by atoms with E-state index in [1.54, 1.807) is 0 Å². The van der Waals surface area contributed by atoms with Crippen LogP contribution in [0.15, 0.2) is 12.1 Å². The molecule has 2 nitrogen and oxygen atoms in total. The number of hydrogen-bond acceptors (Lipinski definition) is 2. The van der Waals surface area contributed by atoms with E-state index in [-0.39, 0.29) is 0 Å². The van der Waals surface area contributed by atoms with E-state index in [4.69, 9.17) is 4.74 Å². The van der Waals surface area contributed by atoms with Crippen LogP contribution in [0, 0.1) is 20.8 Å². The van der Waals surface area contributed by atoms with Crippen molar-refractivity contribution in [2.45, 2.75) is 47.1 Å². The predicted octanol–water partition coefficient (Wildman–Crippen LogP) is 3.38. The molecule has 2 heteroatoms. The van der Waals surface area contributed by atoms with E-state index in [2.05, 4.69) is 52.1 Å². The molecule has 0 aliphatic carbocycles. The van der Waals surface area contributed by atoms with Crippen LogP contribution < -0.4 is 10.1 Å². The average Bonchev–Trinajstić information content (AvgIpc) is 2.24. The lowest BCUT2D eigenvalue weighted by molar-refractivity contribution is 0.304. The fourth-order valence-electron chi connectivity index (χ4n) is 1.73. The highest BCUT2D eigenvalue weighted by atomic mass is 16.5. The number of benzene rings is 1. The zero-order valence-corrected chi connectivity index (χ0v) is 11.8. The molecular weight excluding hydrogens is 210 g/mol. The number of ether oxygens (including phenoxy) is 1. The summed E-state index contributed by atoms with van der Waals surface area (Å²) in [5.74, 6) is 1.03. The lowest BCUT2D eigenvalue weighted by Gasteiger charge is -2.12. The maximum absolute atomic E-state index is 5.81. The molecule has 0 fully saturated rings. The number of hydrogen-bond donors (Lipinski definition) is 1. The molecule has 0 spiro atoms. The third-order valence-electron chi connectivity index (χ3n) is 2.92. The monoisotopic (exact) mass is 235 g/mol. The molecule has 0 aromatic heterocycles. The molecular formula is C15H25NO. The standard InChI is InChI=1S/C15H25NO/c1-11(2)16-7-6-8-17-15-10-13(4)12(3)9-14(15)5/h9-11,16H,6-8H2,1-5H3. The lowest BCUT2D eigenvalue weighted by Crippen LogP contribution is -2.24. The van der Waals surface area contributed by atoms with Crippen LogP contribution in [0.5, 0.6) is 5.75 Å². The third kappa shape index (κ3) is 4.78. The van der Waals surface area contributed by atoms with Gasteiger partial charge in [0.25, 0.3) is 0 Å². The van der Waals surface area contributed by atoms with Gasteiger partial charge in [0, 0.05) is 6.04 Å². The molecule has 0 atom stereocenters. The minimum absolute atomic E-state index is 0.554. The highest BCUT2D eigenvalue weighted by molar-refractivity contribution is 5.40. The second-order valence-corrected chi connectivity index (χ2v) is 5.01. The number of nitrogens with one attached hydrogen (secondary N) is 1. The summed E-state index contributed by atoms with van der Waals surface area (Å²) in [5, 5.41) is 3.39. The van der Waals surface area contributed by atoms with E-state index in [9.17, 15) is 0 Å². The van der Waals surface area contributed by atoms with Crippen LogP contribution in [0.2, 0.25) is 0 Å². The van der Waals surface area contributed by atoms with Crippen molar-refractivity contribution in [2.75, 3.05) is 13.2 Å². The van der Waals surface area contributed by atoms with Gasteiger partial charge in [-0.05, 0) is 56.5 Å². The molecule has 0 heterocycles. The summed E-state index contributed by atoms with van der Waals surface area (Å²) in [6.45, 7) is 12.5. The fourth-order valence-corrected chi connectivity index (χ4v) is 1.73. The largest absolute Gasteiger partial charge is 0.493 e. The number of rotatable bonds is 6. The van der Waals surface area contributed by atoms with Gasteiger partial charge in [-0.3, -0.25) is 0 Å². The summed E-state index contributed by atoms with van der Waals surface area (Å²) in [7, 11) is 0. The SMILES string of the molecule is Cc1cc(C)c(OCCCNC(C)C)cc1C. The fraction of sp³-hybridized carbons (Fsp3) is 0.600. The van der Waals surface area contributed by atoms with Gasteiger partial charge in [-0.15, -0.1) is 0 Å². The first-order valence-corrected chi connectivity index (χ1v) is 6.44. The molecule has 0 bridgehead atoms.